The summed E-state index contributed by atoms with van der Waals surface area (Å²) in [4.78, 5) is 27.1. The first-order valence-corrected chi connectivity index (χ1v) is 10.1. The number of amides is 1. The summed E-state index contributed by atoms with van der Waals surface area (Å²) < 4.78 is 6.87. The van der Waals surface area contributed by atoms with Crippen LogP contribution in [0, 0.1) is 6.92 Å². The number of fused-ring (bicyclic) bond motifs is 1. The van der Waals surface area contributed by atoms with Crippen molar-refractivity contribution in [2.45, 2.75) is 32.9 Å². The first kappa shape index (κ1) is 19.7. The van der Waals surface area contributed by atoms with Crippen LogP contribution in [0.5, 0.6) is 0 Å². The largest absolute Gasteiger partial charge is 0.419 e. The zero-order valence-electron chi connectivity index (χ0n) is 17.0. The van der Waals surface area contributed by atoms with Crippen LogP contribution in [0.25, 0.3) is 11.1 Å². The Morgan fingerprint density at radius 1 is 0.967 bits per heavy atom. The Morgan fingerprint density at radius 3 is 2.53 bits per heavy atom. The molecule has 0 aliphatic carbocycles. The molecule has 0 spiro atoms. The van der Waals surface area contributed by atoms with E-state index < -0.39 is 0 Å². The van der Waals surface area contributed by atoms with Crippen molar-refractivity contribution in [1.82, 2.24) is 4.57 Å². The van der Waals surface area contributed by atoms with Crippen molar-refractivity contribution in [3.05, 3.63) is 101 Å². The van der Waals surface area contributed by atoms with Gasteiger partial charge >= 0.3 is 5.76 Å². The van der Waals surface area contributed by atoms with Crippen LogP contribution in [0.4, 0.5) is 5.69 Å². The fourth-order valence-electron chi connectivity index (χ4n) is 3.63. The topological polar surface area (TPSA) is 55.5 Å². The molecule has 4 rings (SSSR count). The molecule has 0 bridgehead atoms. The number of aromatic nitrogens is 1. The van der Waals surface area contributed by atoms with Gasteiger partial charge in [0.1, 0.15) is 0 Å². The predicted molar refractivity (Wildman–Crippen MR) is 119 cm³/mol. The lowest BCUT2D eigenvalue weighted by molar-refractivity contribution is -0.118. The number of carbonyl (C=O) groups is 1. The third-order valence-corrected chi connectivity index (χ3v) is 5.14. The number of rotatable bonds is 7. The molecule has 0 saturated carbocycles. The van der Waals surface area contributed by atoms with Crippen molar-refractivity contribution in [2.24, 2.45) is 0 Å². The van der Waals surface area contributed by atoms with Crippen LogP contribution < -0.4 is 10.7 Å². The highest BCUT2D eigenvalue weighted by Gasteiger charge is 2.17. The monoisotopic (exact) mass is 400 g/mol. The second-order valence-corrected chi connectivity index (χ2v) is 7.40. The van der Waals surface area contributed by atoms with Crippen LogP contribution in [0.2, 0.25) is 0 Å². The number of para-hydroxylation sites is 2. The molecule has 30 heavy (non-hydrogen) atoms. The SMILES string of the molecule is Cc1cccc(N(Cc2ccccc2)C(=O)CCCn2c(=O)oc3ccccc32)c1. The molecule has 0 fully saturated rings. The van der Waals surface area contributed by atoms with Gasteiger partial charge in [-0.3, -0.25) is 9.36 Å². The van der Waals surface area contributed by atoms with E-state index in [0.717, 1.165) is 22.3 Å². The maximum Gasteiger partial charge on any atom is 0.419 e. The van der Waals surface area contributed by atoms with Crippen molar-refractivity contribution in [3.8, 4) is 0 Å². The third kappa shape index (κ3) is 4.35. The van der Waals surface area contributed by atoms with E-state index in [1.807, 2.05) is 84.6 Å². The summed E-state index contributed by atoms with van der Waals surface area (Å²) in [5, 5.41) is 0. The van der Waals surface area contributed by atoms with Gasteiger partial charge in [-0.15, -0.1) is 0 Å². The number of benzene rings is 3. The molecule has 3 aromatic carbocycles. The minimum atomic E-state index is -0.386. The fourth-order valence-corrected chi connectivity index (χ4v) is 3.63. The number of nitrogens with zero attached hydrogens (tertiary/aromatic N) is 2. The first-order valence-electron chi connectivity index (χ1n) is 10.1. The molecule has 152 valence electrons. The van der Waals surface area contributed by atoms with Gasteiger partial charge in [0.15, 0.2) is 5.58 Å². The van der Waals surface area contributed by atoms with E-state index in [4.69, 9.17) is 4.42 Å². The maximum atomic E-state index is 13.2. The summed E-state index contributed by atoms with van der Waals surface area (Å²) >= 11 is 0. The van der Waals surface area contributed by atoms with Gasteiger partial charge in [-0.05, 0) is 48.7 Å². The fraction of sp³-hybridized carbons (Fsp3) is 0.200. The number of oxazole rings is 1. The highest BCUT2D eigenvalue weighted by Crippen LogP contribution is 2.21. The van der Waals surface area contributed by atoms with Crippen molar-refractivity contribution in [1.29, 1.82) is 0 Å². The lowest BCUT2D eigenvalue weighted by Gasteiger charge is -2.23. The Hall–Kier alpha value is -3.60. The predicted octanol–water partition coefficient (Wildman–Crippen LogP) is 4.92. The molecule has 0 aliphatic heterocycles. The van der Waals surface area contributed by atoms with Crippen molar-refractivity contribution in [2.75, 3.05) is 4.90 Å². The molecule has 0 aliphatic rings. The van der Waals surface area contributed by atoms with Gasteiger partial charge in [0.2, 0.25) is 5.91 Å². The van der Waals surface area contributed by atoms with E-state index in [1.54, 1.807) is 10.6 Å². The Bertz CT molecular complexity index is 1210. The van der Waals surface area contributed by atoms with Crippen LogP contribution in [0.15, 0.2) is 88.1 Å². The van der Waals surface area contributed by atoms with Crippen molar-refractivity contribution in [3.63, 3.8) is 0 Å². The smallest absolute Gasteiger partial charge is 0.408 e. The summed E-state index contributed by atoms with van der Waals surface area (Å²) in [6, 6.07) is 25.3. The highest BCUT2D eigenvalue weighted by atomic mass is 16.4. The quantitative estimate of drug-likeness (QED) is 0.443. The molecule has 0 atom stereocenters. The van der Waals surface area contributed by atoms with E-state index in [0.29, 0.717) is 31.5 Å². The van der Waals surface area contributed by atoms with E-state index >= 15 is 0 Å². The van der Waals surface area contributed by atoms with Crippen molar-refractivity contribution >= 4 is 22.7 Å². The second-order valence-electron chi connectivity index (χ2n) is 7.40. The number of hydrogen-bond donors (Lipinski definition) is 0. The highest BCUT2D eigenvalue weighted by molar-refractivity contribution is 5.93. The number of carbonyl (C=O) groups excluding carboxylic acids is 1. The van der Waals surface area contributed by atoms with Gasteiger partial charge in [0.05, 0.1) is 12.1 Å². The van der Waals surface area contributed by atoms with E-state index in [1.165, 1.54) is 0 Å². The van der Waals surface area contributed by atoms with Crippen LogP contribution in [-0.2, 0) is 17.9 Å². The molecule has 4 aromatic rings. The average Bonchev–Trinajstić information content (AvgIpc) is 3.08. The van der Waals surface area contributed by atoms with Gasteiger partial charge in [-0.2, -0.15) is 0 Å². The molecule has 5 heteroatoms. The minimum absolute atomic E-state index is 0.0327. The van der Waals surface area contributed by atoms with Crippen molar-refractivity contribution < 1.29 is 9.21 Å². The number of aryl methyl sites for hydroxylation is 2. The Morgan fingerprint density at radius 2 is 1.73 bits per heavy atom. The van der Waals surface area contributed by atoms with Crippen LogP contribution in [0.3, 0.4) is 0 Å². The summed E-state index contributed by atoms with van der Waals surface area (Å²) in [6.45, 7) is 2.97. The third-order valence-electron chi connectivity index (χ3n) is 5.14. The zero-order valence-corrected chi connectivity index (χ0v) is 17.0. The van der Waals surface area contributed by atoms with E-state index in [2.05, 4.69) is 0 Å². The summed E-state index contributed by atoms with van der Waals surface area (Å²) in [6.07, 6.45) is 0.895. The molecule has 1 heterocycles. The Kier molecular flexibility index (Phi) is 5.80. The van der Waals surface area contributed by atoms with Crippen LogP contribution >= 0.6 is 0 Å². The minimum Gasteiger partial charge on any atom is -0.408 e. The lowest BCUT2D eigenvalue weighted by Crippen LogP contribution is -2.30. The van der Waals surface area contributed by atoms with Crippen LogP contribution in [-0.4, -0.2) is 10.5 Å². The Labute approximate surface area is 175 Å². The van der Waals surface area contributed by atoms with Gasteiger partial charge in [0, 0.05) is 18.7 Å². The summed E-state index contributed by atoms with van der Waals surface area (Å²) in [5.41, 5.74) is 4.39. The molecule has 0 unspecified atom stereocenters. The molecule has 1 aromatic heterocycles. The van der Waals surface area contributed by atoms with Gasteiger partial charge in [-0.25, -0.2) is 4.79 Å². The first-order chi connectivity index (χ1) is 14.6. The summed E-state index contributed by atoms with van der Waals surface area (Å²) in [5.74, 6) is -0.353. The molecule has 5 nitrogen and oxygen atoms in total. The maximum absolute atomic E-state index is 13.2. The standard InChI is InChI=1S/C25H24N2O3/c1-19-9-7-12-21(17-19)27(18-20-10-3-2-4-11-20)24(28)15-8-16-26-22-13-5-6-14-23(22)30-25(26)29/h2-7,9-14,17H,8,15-16,18H2,1H3. The molecule has 0 N–H and O–H groups in total. The second kappa shape index (κ2) is 8.82. The normalized spacial score (nSPS) is 11.0. The van der Waals surface area contributed by atoms with Crippen LogP contribution in [0.1, 0.15) is 24.0 Å². The average molecular weight is 400 g/mol. The lowest BCUT2D eigenvalue weighted by atomic mass is 10.1. The number of hydrogen-bond acceptors (Lipinski definition) is 3. The molecule has 0 saturated heterocycles. The molecule has 1 amide bonds. The van der Waals surface area contributed by atoms with Gasteiger partial charge < -0.3 is 9.32 Å². The number of anilines is 1. The molecular weight excluding hydrogens is 376 g/mol. The van der Waals surface area contributed by atoms with E-state index in [-0.39, 0.29) is 11.7 Å². The zero-order chi connectivity index (χ0) is 20.9. The molecule has 0 radical (unpaired) electrons. The Balaban J connectivity index is 1.50. The van der Waals surface area contributed by atoms with E-state index in [9.17, 15) is 9.59 Å². The van der Waals surface area contributed by atoms with Gasteiger partial charge in [0.25, 0.3) is 0 Å². The summed E-state index contributed by atoms with van der Waals surface area (Å²) in [7, 11) is 0. The molecular formula is C25H24N2O3. The van der Waals surface area contributed by atoms with Gasteiger partial charge in [-0.1, -0.05) is 54.6 Å².